The van der Waals surface area contributed by atoms with E-state index >= 15 is 0 Å². The summed E-state index contributed by atoms with van der Waals surface area (Å²) < 4.78 is 36.7. The minimum Gasteiger partial charge on any atom is -0.225 e. The van der Waals surface area contributed by atoms with Crippen molar-refractivity contribution in [2.45, 2.75) is 24.7 Å². The maximum absolute atomic E-state index is 14.1. The van der Waals surface area contributed by atoms with E-state index in [1.54, 1.807) is 0 Å². The van der Waals surface area contributed by atoms with E-state index in [2.05, 4.69) is 32.0 Å². The van der Waals surface area contributed by atoms with Gasteiger partial charge in [-0.2, -0.15) is 0 Å². The van der Waals surface area contributed by atoms with Crippen molar-refractivity contribution in [3.05, 3.63) is 82.7 Å². The topological polar surface area (TPSA) is 60.2 Å². The maximum Gasteiger partial charge on any atom is 0.240 e. The molecule has 0 aliphatic heterocycles. The van der Waals surface area contributed by atoms with Gasteiger partial charge in [0.2, 0.25) is 10.0 Å². The van der Waals surface area contributed by atoms with Gasteiger partial charge in [0, 0.05) is 10.8 Å². The minimum atomic E-state index is -4.08. The van der Waals surface area contributed by atoms with Crippen LogP contribution in [0, 0.1) is 19.7 Å². The van der Waals surface area contributed by atoms with Gasteiger partial charge in [-0.05, 0) is 59.9 Å². The van der Waals surface area contributed by atoms with E-state index in [0.29, 0.717) is 5.56 Å². The third kappa shape index (κ3) is 3.67. The molecule has 0 saturated carbocycles. The molecule has 1 atom stereocenters. The number of thiocarbonyl (C=S) groups is 1. The Balaban J connectivity index is 1.91. The third-order valence-electron chi connectivity index (χ3n) is 4.53. The van der Waals surface area contributed by atoms with E-state index in [0.717, 1.165) is 22.1 Å². The molecule has 0 amide bonds. The molecule has 0 fully saturated rings. The molecule has 26 heavy (non-hydrogen) atoms. The molecule has 0 bridgehead atoms. The molecule has 0 spiro atoms. The highest BCUT2D eigenvalue weighted by Gasteiger charge is 2.19. The van der Waals surface area contributed by atoms with Crippen LogP contribution in [0.3, 0.4) is 0 Å². The molecule has 0 saturated heterocycles. The average molecular weight is 388 g/mol. The average Bonchev–Trinajstić information content (AvgIpc) is 2.56. The van der Waals surface area contributed by atoms with E-state index < -0.39 is 20.7 Å². The first-order valence-electron chi connectivity index (χ1n) is 8.00. The van der Waals surface area contributed by atoms with Gasteiger partial charge in [0.05, 0.1) is 0 Å². The Hall–Kier alpha value is -2.15. The Morgan fingerprint density at radius 3 is 2.38 bits per heavy atom. The quantitative estimate of drug-likeness (QED) is 0.803. The fourth-order valence-corrected chi connectivity index (χ4v) is 3.84. The number of rotatable bonds is 3. The van der Waals surface area contributed by atoms with Gasteiger partial charge in [-0.15, -0.1) is 0 Å². The number of hydrogen-bond acceptors (Lipinski definition) is 3. The molecule has 1 aliphatic carbocycles. The number of halogens is 1. The first kappa shape index (κ1) is 18.6. The Labute approximate surface area is 158 Å². The molecule has 1 unspecified atom stereocenters. The lowest BCUT2D eigenvalue weighted by Crippen LogP contribution is -2.14. The zero-order chi connectivity index (χ0) is 19.1. The summed E-state index contributed by atoms with van der Waals surface area (Å²) >= 11 is 5.54. The van der Waals surface area contributed by atoms with Crippen molar-refractivity contribution in [2.75, 3.05) is 0 Å². The van der Waals surface area contributed by atoms with Crippen LogP contribution in [0.1, 0.15) is 28.2 Å². The van der Waals surface area contributed by atoms with Gasteiger partial charge >= 0.3 is 0 Å². The molecular weight excluding hydrogens is 369 g/mol. The number of nitrogens with two attached hydrogens (primary N) is 1. The van der Waals surface area contributed by atoms with Crippen LogP contribution in [0.25, 0.3) is 5.57 Å². The number of sulfonamides is 1. The van der Waals surface area contributed by atoms with Crippen LogP contribution >= 0.6 is 12.2 Å². The van der Waals surface area contributed by atoms with Crippen molar-refractivity contribution >= 4 is 32.7 Å². The Morgan fingerprint density at radius 1 is 1.08 bits per heavy atom. The predicted molar refractivity (Wildman–Crippen MR) is 106 cm³/mol. The molecule has 2 aromatic rings. The maximum atomic E-state index is 14.1. The van der Waals surface area contributed by atoms with E-state index in [4.69, 9.17) is 17.4 Å². The van der Waals surface area contributed by atoms with Crippen molar-refractivity contribution in [3.63, 3.8) is 0 Å². The van der Waals surface area contributed by atoms with Crippen molar-refractivity contribution in [1.29, 1.82) is 0 Å². The molecule has 134 valence electrons. The molecule has 0 heterocycles. The van der Waals surface area contributed by atoms with Crippen LogP contribution < -0.4 is 5.14 Å². The second-order valence-corrected chi connectivity index (χ2v) is 8.37. The highest BCUT2D eigenvalue weighted by Crippen LogP contribution is 2.31. The molecule has 6 heteroatoms. The first-order chi connectivity index (χ1) is 12.2. The van der Waals surface area contributed by atoms with E-state index in [9.17, 15) is 12.8 Å². The van der Waals surface area contributed by atoms with Crippen molar-refractivity contribution in [2.24, 2.45) is 5.14 Å². The number of hydrogen-bond donors (Lipinski definition) is 1. The summed E-state index contributed by atoms with van der Waals surface area (Å²) in [5.41, 5.74) is 4.82. The van der Waals surface area contributed by atoms with Gasteiger partial charge in [-0.1, -0.05) is 48.6 Å². The second-order valence-electron chi connectivity index (χ2n) is 6.37. The molecule has 0 aromatic heterocycles. The number of primary sulfonamides is 1. The summed E-state index contributed by atoms with van der Waals surface area (Å²) in [6.45, 7) is 4.12. The van der Waals surface area contributed by atoms with Crippen molar-refractivity contribution in [3.8, 4) is 0 Å². The minimum absolute atomic E-state index is 0.0124. The Bertz CT molecular complexity index is 1070. The molecule has 0 radical (unpaired) electrons. The molecule has 1 aliphatic rings. The predicted octanol–water partition coefficient (Wildman–Crippen LogP) is 4.20. The lowest BCUT2D eigenvalue weighted by atomic mass is 9.87. The van der Waals surface area contributed by atoms with Crippen LogP contribution in [0.15, 0.2) is 59.5 Å². The lowest BCUT2D eigenvalue weighted by molar-refractivity contribution is 0.568. The highest BCUT2D eigenvalue weighted by atomic mass is 32.2. The van der Waals surface area contributed by atoms with Gasteiger partial charge in [0.1, 0.15) is 10.7 Å². The Morgan fingerprint density at radius 2 is 1.81 bits per heavy atom. The molecule has 3 nitrogen and oxygen atoms in total. The lowest BCUT2D eigenvalue weighted by Gasteiger charge is -2.19. The second kappa shape index (κ2) is 6.87. The zero-order valence-corrected chi connectivity index (χ0v) is 16.0. The van der Waals surface area contributed by atoms with Crippen molar-refractivity contribution < 1.29 is 12.8 Å². The highest BCUT2D eigenvalue weighted by molar-refractivity contribution is 7.89. The summed E-state index contributed by atoms with van der Waals surface area (Å²) in [4.78, 5) is 0.207. The van der Waals surface area contributed by atoms with Crippen LogP contribution in [0.5, 0.6) is 0 Å². The fraction of sp³-hybridized carbons (Fsp3) is 0.150. The summed E-state index contributed by atoms with van der Waals surface area (Å²) in [7, 11) is -4.08. The third-order valence-corrected chi connectivity index (χ3v) is 5.85. The van der Waals surface area contributed by atoms with Gasteiger partial charge in [0.25, 0.3) is 0 Å². The van der Waals surface area contributed by atoms with Crippen molar-refractivity contribution in [1.82, 2.24) is 0 Å². The number of benzene rings is 2. The SMILES string of the molecule is Cc1ccc(C2C=CC(c3ccc(S(N)(=O)=O)c(F)c3)=CC2=S)cc1C. The normalized spacial score (nSPS) is 17.3. The van der Waals surface area contributed by atoms with Gasteiger partial charge in [-0.3, -0.25) is 0 Å². The van der Waals surface area contributed by atoms with Crippen LogP contribution in [0.2, 0.25) is 0 Å². The smallest absolute Gasteiger partial charge is 0.225 e. The van der Waals surface area contributed by atoms with Crippen LogP contribution in [-0.4, -0.2) is 13.3 Å². The van der Waals surface area contributed by atoms with E-state index in [1.807, 2.05) is 18.2 Å². The van der Waals surface area contributed by atoms with Gasteiger partial charge < -0.3 is 0 Å². The molecule has 2 aromatic carbocycles. The molecular formula is C20H18FNO2S2. The summed E-state index contributed by atoms with van der Waals surface area (Å²) in [5.74, 6) is -0.886. The van der Waals surface area contributed by atoms with Crippen LogP contribution in [0.4, 0.5) is 4.39 Å². The van der Waals surface area contributed by atoms with E-state index in [-0.39, 0.29) is 5.92 Å². The molecule has 3 rings (SSSR count). The summed E-state index contributed by atoms with van der Waals surface area (Å²) in [6, 6.07) is 10.1. The fourth-order valence-electron chi connectivity index (χ4n) is 2.91. The number of allylic oxidation sites excluding steroid dienone is 4. The summed E-state index contributed by atoms with van der Waals surface area (Å²) in [5, 5.41) is 5.00. The molecule has 2 N–H and O–H groups in total. The first-order valence-corrected chi connectivity index (χ1v) is 9.96. The Kier molecular flexibility index (Phi) is 4.92. The largest absolute Gasteiger partial charge is 0.240 e. The standard InChI is InChI=1S/C20H18FNO2S2/c1-12-3-4-16(9-13(12)2)17-7-5-15(11-19(17)25)14-6-8-20(18(21)10-14)26(22,23)24/h3-11,17H,1-2H3,(H2,22,23,24). The van der Waals surface area contributed by atoms with E-state index in [1.165, 1.54) is 23.3 Å². The number of aryl methyl sites for hydroxylation is 2. The monoisotopic (exact) mass is 387 g/mol. The van der Waals surface area contributed by atoms with Crippen LogP contribution in [-0.2, 0) is 10.0 Å². The zero-order valence-electron chi connectivity index (χ0n) is 14.4. The van der Waals surface area contributed by atoms with Gasteiger partial charge in [-0.25, -0.2) is 17.9 Å². The summed E-state index contributed by atoms with van der Waals surface area (Å²) in [6.07, 6.45) is 5.68. The van der Waals surface area contributed by atoms with Gasteiger partial charge in [0.15, 0.2) is 0 Å².